The van der Waals surface area contributed by atoms with Gasteiger partial charge in [0.1, 0.15) is 24.2 Å². The molecule has 11 heteroatoms. The zero-order chi connectivity index (χ0) is 20.6. The molecule has 4 amide bonds. The predicted octanol–water partition coefficient (Wildman–Crippen LogP) is -2.56. The zero-order valence-electron chi connectivity index (χ0n) is 15.5. The van der Waals surface area contributed by atoms with E-state index in [1.54, 1.807) is 0 Å². The predicted molar refractivity (Wildman–Crippen MR) is 91.7 cm³/mol. The molecule has 0 aliphatic carbocycles. The Morgan fingerprint density at radius 3 is 1.15 bits per heavy atom. The Hall–Kier alpha value is -2.69. The Labute approximate surface area is 151 Å². The van der Waals surface area contributed by atoms with Crippen molar-refractivity contribution in [2.24, 2.45) is 5.73 Å². The van der Waals surface area contributed by atoms with E-state index in [9.17, 15) is 24.0 Å². The van der Waals surface area contributed by atoms with Crippen LogP contribution in [0.5, 0.6) is 0 Å². The summed E-state index contributed by atoms with van der Waals surface area (Å²) < 4.78 is 0. The molecule has 0 aromatic rings. The molecule has 0 heterocycles. The Morgan fingerprint density at radius 1 is 0.615 bits per heavy atom. The van der Waals surface area contributed by atoms with Crippen molar-refractivity contribution >= 4 is 29.6 Å². The maximum atomic E-state index is 12.0. The fraction of sp³-hybridized carbons (Fsp3) is 0.667. The highest BCUT2D eigenvalue weighted by atomic mass is 16.4. The van der Waals surface area contributed by atoms with E-state index < -0.39 is 59.8 Å². The second kappa shape index (κ2) is 10.3. The van der Waals surface area contributed by atoms with Gasteiger partial charge < -0.3 is 32.1 Å². The largest absolute Gasteiger partial charge is 0.480 e. The molecular weight excluding hydrogens is 346 g/mol. The number of rotatable bonds is 9. The van der Waals surface area contributed by atoms with Crippen LogP contribution in [0.25, 0.3) is 0 Å². The van der Waals surface area contributed by atoms with Crippen LogP contribution in [0.2, 0.25) is 0 Å². The zero-order valence-corrected chi connectivity index (χ0v) is 15.5. The van der Waals surface area contributed by atoms with Crippen LogP contribution in [0.3, 0.4) is 0 Å². The molecular formula is C15H27N5O6. The van der Waals surface area contributed by atoms with Crippen molar-refractivity contribution in [3.63, 3.8) is 0 Å². The Bertz CT molecular complexity index is 565. The van der Waals surface area contributed by atoms with E-state index in [1.165, 1.54) is 34.6 Å². The van der Waals surface area contributed by atoms with Gasteiger partial charge in [-0.25, -0.2) is 0 Å². The van der Waals surface area contributed by atoms with Crippen molar-refractivity contribution in [2.75, 3.05) is 0 Å². The third-order valence-corrected chi connectivity index (χ3v) is 3.40. The molecule has 0 saturated carbocycles. The lowest BCUT2D eigenvalue weighted by Gasteiger charge is -2.21. The molecule has 0 fully saturated rings. The van der Waals surface area contributed by atoms with Gasteiger partial charge in [0.25, 0.3) is 0 Å². The number of carboxylic acids is 1. The molecule has 11 nitrogen and oxygen atoms in total. The molecule has 7 N–H and O–H groups in total. The smallest absolute Gasteiger partial charge is 0.325 e. The number of hydrogen-bond acceptors (Lipinski definition) is 6. The van der Waals surface area contributed by atoms with Crippen LogP contribution in [0.4, 0.5) is 0 Å². The number of carbonyl (C=O) groups excluding carboxylic acids is 4. The molecule has 0 aromatic heterocycles. The molecule has 0 aliphatic rings. The van der Waals surface area contributed by atoms with Gasteiger partial charge in [-0.2, -0.15) is 0 Å². The quantitative estimate of drug-likeness (QED) is 0.257. The Balaban J connectivity index is 4.54. The van der Waals surface area contributed by atoms with E-state index in [2.05, 4.69) is 21.3 Å². The van der Waals surface area contributed by atoms with Crippen molar-refractivity contribution < 1.29 is 29.1 Å². The van der Waals surface area contributed by atoms with Crippen molar-refractivity contribution in [1.29, 1.82) is 0 Å². The Morgan fingerprint density at radius 2 is 0.885 bits per heavy atom. The molecule has 5 atom stereocenters. The number of amides is 4. The molecule has 0 radical (unpaired) electrons. The maximum absolute atomic E-state index is 12.0. The summed E-state index contributed by atoms with van der Waals surface area (Å²) in [5.74, 6) is -3.64. The SMILES string of the molecule is CC(NC(=O)C(C)NC(=O)[C@@H](C)N)C(=O)N[C@H](C)C(=O)N[C@H](C)C(=O)O. The lowest BCUT2D eigenvalue weighted by Crippen LogP contribution is -2.56. The van der Waals surface area contributed by atoms with E-state index in [1.807, 2.05) is 0 Å². The number of carboxylic acid groups (broad SMARTS) is 1. The monoisotopic (exact) mass is 373 g/mol. The normalized spacial score (nSPS) is 16.2. The molecule has 0 aliphatic heterocycles. The van der Waals surface area contributed by atoms with Crippen molar-refractivity contribution in [2.45, 2.75) is 64.8 Å². The summed E-state index contributed by atoms with van der Waals surface area (Å²) in [6, 6.07) is -4.77. The minimum Gasteiger partial charge on any atom is -0.480 e. The van der Waals surface area contributed by atoms with Gasteiger partial charge in [0.2, 0.25) is 23.6 Å². The van der Waals surface area contributed by atoms with E-state index in [-0.39, 0.29) is 0 Å². The number of carbonyl (C=O) groups is 5. The second-order valence-corrected chi connectivity index (χ2v) is 6.05. The van der Waals surface area contributed by atoms with Crippen molar-refractivity contribution in [3.8, 4) is 0 Å². The first-order valence-corrected chi connectivity index (χ1v) is 8.06. The van der Waals surface area contributed by atoms with Crippen LogP contribution in [0.1, 0.15) is 34.6 Å². The molecule has 2 unspecified atom stereocenters. The molecule has 0 bridgehead atoms. The summed E-state index contributed by atoms with van der Waals surface area (Å²) in [4.78, 5) is 58.0. The lowest BCUT2D eigenvalue weighted by atomic mass is 10.2. The summed E-state index contributed by atoms with van der Waals surface area (Å²) in [6.45, 7) is 6.96. The first-order valence-electron chi connectivity index (χ1n) is 8.06. The summed E-state index contributed by atoms with van der Waals surface area (Å²) in [6.07, 6.45) is 0. The third kappa shape index (κ3) is 7.92. The maximum Gasteiger partial charge on any atom is 0.325 e. The van der Waals surface area contributed by atoms with Crippen LogP contribution in [0.15, 0.2) is 0 Å². The molecule has 0 aromatic carbocycles. The van der Waals surface area contributed by atoms with E-state index in [4.69, 9.17) is 10.8 Å². The second-order valence-electron chi connectivity index (χ2n) is 6.05. The highest BCUT2D eigenvalue weighted by Gasteiger charge is 2.25. The van der Waals surface area contributed by atoms with Crippen LogP contribution in [-0.4, -0.2) is 64.9 Å². The van der Waals surface area contributed by atoms with Gasteiger partial charge in [-0.3, -0.25) is 24.0 Å². The summed E-state index contributed by atoms with van der Waals surface area (Å²) in [5.41, 5.74) is 5.39. The van der Waals surface area contributed by atoms with E-state index in [0.717, 1.165) is 0 Å². The Kier molecular flexibility index (Phi) is 9.27. The van der Waals surface area contributed by atoms with Gasteiger partial charge in [-0.15, -0.1) is 0 Å². The van der Waals surface area contributed by atoms with Crippen LogP contribution < -0.4 is 27.0 Å². The highest BCUT2D eigenvalue weighted by molar-refractivity contribution is 5.94. The van der Waals surface area contributed by atoms with Crippen LogP contribution in [0, 0.1) is 0 Å². The van der Waals surface area contributed by atoms with Gasteiger partial charge in [0, 0.05) is 0 Å². The average molecular weight is 373 g/mol. The first kappa shape index (κ1) is 23.3. The topological polar surface area (TPSA) is 180 Å². The molecule has 0 rings (SSSR count). The minimum absolute atomic E-state index is 0.511. The average Bonchev–Trinajstić information content (AvgIpc) is 2.53. The van der Waals surface area contributed by atoms with Gasteiger partial charge in [-0.1, -0.05) is 0 Å². The van der Waals surface area contributed by atoms with Gasteiger partial charge in [-0.05, 0) is 34.6 Å². The summed E-state index contributed by atoms with van der Waals surface area (Å²) in [5, 5.41) is 18.1. The fourth-order valence-corrected chi connectivity index (χ4v) is 1.62. The number of nitrogens with one attached hydrogen (secondary N) is 4. The van der Waals surface area contributed by atoms with E-state index in [0.29, 0.717) is 0 Å². The van der Waals surface area contributed by atoms with Gasteiger partial charge >= 0.3 is 5.97 Å². The number of nitrogens with two attached hydrogens (primary N) is 1. The first-order chi connectivity index (χ1) is 11.9. The lowest BCUT2D eigenvalue weighted by molar-refractivity contribution is -0.141. The van der Waals surface area contributed by atoms with E-state index >= 15 is 0 Å². The number of aliphatic carboxylic acids is 1. The van der Waals surface area contributed by atoms with Gasteiger partial charge in [0.15, 0.2) is 0 Å². The summed E-state index contributed by atoms with van der Waals surface area (Å²) >= 11 is 0. The molecule has 0 spiro atoms. The number of hydrogen-bond donors (Lipinski definition) is 6. The molecule has 0 saturated heterocycles. The third-order valence-electron chi connectivity index (χ3n) is 3.40. The minimum atomic E-state index is -1.21. The fourth-order valence-electron chi connectivity index (χ4n) is 1.62. The van der Waals surface area contributed by atoms with Crippen LogP contribution >= 0.6 is 0 Å². The highest BCUT2D eigenvalue weighted by Crippen LogP contribution is 1.92. The van der Waals surface area contributed by atoms with Gasteiger partial charge in [0.05, 0.1) is 6.04 Å². The van der Waals surface area contributed by atoms with Crippen LogP contribution in [-0.2, 0) is 24.0 Å². The standard InChI is InChI=1S/C15H27N5O6/c1-6(16)11(21)17-7(2)12(22)18-8(3)13(23)19-9(4)14(24)20-10(5)15(25)26/h6-10H,16H2,1-5H3,(H,17,21)(H,18,22)(H,19,23)(H,20,24)(H,25,26)/t6-,7?,8?,9-,10-/m1/s1. The molecule has 148 valence electrons. The summed E-state index contributed by atoms with van der Waals surface area (Å²) in [7, 11) is 0. The molecule has 26 heavy (non-hydrogen) atoms. The van der Waals surface area contributed by atoms with Crippen molar-refractivity contribution in [3.05, 3.63) is 0 Å². The van der Waals surface area contributed by atoms with Crippen molar-refractivity contribution in [1.82, 2.24) is 21.3 Å².